The van der Waals surface area contributed by atoms with E-state index in [1.54, 1.807) is 23.1 Å². The molecule has 2 aliphatic heterocycles. The summed E-state index contributed by atoms with van der Waals surface area (Å²) in [5.41, 5.74) is 0.0522. The predicted octanol–water partition coefficient (Wildman–Crippen LogP) is 1.84. The lowest BCUT2D eigenvalue weighted by Gasteiger charge is -2.36. The molecule has 1 amide bonds. The summed E-state index contributed by atoms with van der Waals surface area (Å²) >= 11 is 0. The van der Waals surface area contributed by atoms with Crippen molar-refractivity contribution in [3.05, 3.63) is 29.8 Å². The highest BCUT2D eigenvalue weighted by atomic mass is 32.2. The smallest absolute Gasteiger partial charge is 0.329 e. The minimum atomic E-state index is -3.78. The van der Waals surface area contributed by atoms with Crippen LogP contribution in [0.5, 0.6) is 0 Å². The highest BCUT2D eigenvalue weighted by molar-refractivity contribution is 7.90. The number of rotatable bonds is 3. The molecule has 0 bridgehead atoms. The van der Waals surface area contributed by atoms with E-state index < -0.39 is 33.7 Å². The van der Waals surface area contributed by atoms with E-state index in [0.29, 0.717) is 18.5 Å². The fourth-order valence-electron chi connectivity index (χ4n) is 3.50. The number of fused-ring (bicyclic) bond motifs is 1. The lowest BCUT2D eigenvalue weighted by Crippen LogP contribution is -2.51. The first kappa shape index (κ1) is 21.3. The van der Waals surface area contributed by atoms with Crippen molar-refractivity contribution in [2.75, 3.05) is 6.54 Å². The van der Waals surface area contributed by atoms with Crippen LogP contribution in [0.4, 0.5) is 0 Å². The van der Waals surface area contributed by atoms with Gasteiger partial charge in [-0.1, -0.05) is 12.1 Å². The number of esters is 1. The van der Waals surface area contributed by atoms with Crippen LogP contribution in [-0.2, 0) is 24.3 Å². The van der Waals surface area contributed by atoms with Crippen LogP contribution in [0.15, 0.2) is 33.6 Å². The average Bonchev–Trinajstić information content (AvgIpc) is 2.92. The highest BCUT2D eigenvalue weighted by Crippen LogP contribution is 2.31. The number of amidine groups is 1. The Morgan fingerprint density at radius 1 is 1.24 bits per heavy atom. The molecule has 1 saturated heterocycles. The van der Waals surface area contributed by atoms with Gasteiger partial charge < -0.3 is 15.0 Å². The van der Waals surface area contributed by atoms with E-state index in [4.69, 9.17) is 4.74 Å². The van der Waals surface area contributed by atoms with Gasteiger partial charge in [0.05, 0.1) is 0 Å². The van der Waals surface area contributed by atoms with Gasteiger partial charge in [0.1, 0.15) is 10.9 Å². The van der Waals surface area contributed by atoms with Crippen molar-refractivity contribution in [2.24, 2.45) is 4.40 Å². The zero-order valence-electron chi connectivity index (χ0n) is 17.1. The van der Waals surface area contributed by atoms with Gasteiger partial charge in [0.2, 0.25) is 0 Å². The Bertz CT molecular complexity index is 949. The topological polar surface area (TPSA) is 105 Å². The maximum absolute atomic E-state index is 12.9. The van der Waals surface area contributed by atoms with Crippen molar-refractivity contribution in [1.82, 2.24) is 10.2 Å². The van der Waals surface area contributed by atoms with Crippen molar-refractivity contribution >= 4 is 27.7 Å². The van der Waals surface area contributed by atoms with Gasteiger partial charge in [0, 0.05) is 17.6 Å². The zero-order valence-corrected chi connectivity index (χ0v) is 18.0. The van der Waals surface area contributed by atoms with E-state index in [9.17, 15) is 18.0 Å². The molecule has 0 spiro atoms. The number of benzene rings is 1. The molecule has 0 aromatic heterocycles. The van der Waals surface area contributed by atoms with Gasteiger partial charge in [-0.2, -0.15) is 8.42 Å². The molecule has 1 N–H and O–H groups in total. The van der Waals surface area contributed by atoms with E-state index in [-0.39, 0.29) is 16.6 Å². The van der Waals surface area contributed by atoms with E-state index in [1.165, 1.54) is 13.0 Å². The van der Waals surface area contributed by atoms with Gasteiger partial charge in [-0.05, 0) is 59.1 Å². The summed E-state index contributed by atoms with van der Waals surface area (Å²) in [5.74, 6) is -0.654. The number of likely N-dealkylation sites (tertiary alicyclic amines) is 1. The molecule has 0 saturated carbocycles. The van der Waals surface area contributed by atoms with E-state index >= 15 is 0 Å². The Hall–Kier alpha value is -2.42. The fraction of sp³-hybridized carbons (Fsp3) is 0.550. The first-order valence-corrected chi connectivity index (χ1v) is 11.2. The van der Waals surface area contributed by atoms with Crippen LogP contribution in [0, 0.1) is 0 Å². The number of hydrogen-bond acceptors (Lipinski definition) is 6. The Labute approximate surface area is 171 Å². The van der Waals surface area contributed by atoms with Crippen LogP contribution in [0.1, 0.15) is 52.5 Å². The molecule has 1 fully saturated rings. The van der Waals surface area contributed by atoms with Crippen LogP contribution in [0.2, 0.25) is 0 Å². The molecular weight excluding hydrogens is 394 g/mol. The summed E-state index contributed by atoms with van der Waals surface area (Å²) in [6.07, 6.45) is 1.17. The molecule has 29 heavy (non-hydrogen) atoms. The van der Waals surface area contributed by atoms with Crippen LogP contribution in [-0.4, -0.2) is 55.3 Å². The number of carbonyl (C=O) groups excluding carboxylic acids is 2. The largest absolute Gasteiger partial charge is 0.451 e. The number of nitrogens with zero attached hydrogens (tertiary/aromatic N) is 2. The molecule has 1 aromatic carbocycles. The first-order chi connectivity index (χ1) is 13.5. The Morgan fingerprint density at radius 3 is 2.62 bits per heavy atom. The zero-order chi connectivity index (χ0) is 21.4. The van der Waals surface area contributed by atoms with Crippen LogP contribution >= 0.6 is 0 Å². The standard InChI is InChI=1S/C20H27N3O5S/c1-13(18(24)21-20(2,3)4)28-19(25)15-10-7-8-12-23(15)17-14-9-5-6-11-16(14)29(26,27)22-17/h5-6,9,11,13,15H,7-8,10,12H2,1-4H3,(H,21,24)/t13-,15+/m0/s1. The van der Waals surface area contributed by atoms with Crippen molar-refractivity contribution < 1.29 is 22.7 Å². The second-order valence-electron chi connectivity index (χ2n) is 8.41. The van der Waals surface area contributed by atoms with Crippen molar-refractivity contribution in [1.29, 1.82) is 0 Å². The number of amides is 1. The molecule has 0 radical (unpaired) electrons. The predicted molar refractivity (Wildman–Crippen MR) is 108 cm³/mol. The van der Waals surface area contributed by atoms with Gasteiger partial charge in [-0.15, -0.1) is 4.40 Å². The lowest BCUT2D eigenvalue weighted by molar-refractivity contribution is -0.160. The van der Waals surface area contributed by atoms with Gasteiger partial charge >= 0.3 is 5.97 Å². The fourth-order valence-corrected chi connectivity index (χ4v) is 4.72. The monoisotopic (exact) mass is 421 g/mol. The van der Waals surface area contributed by atoms with Gasteiger partial charge in [-0.25, -0.2) is 4.79 Å². The molecule has 158 valence electrons. The van der Waals surface area contributed by atoms with Gasteiger partial charge in [0.15, 0.2) is 11.9 Å². The van der Waals surface area contributed by atoms with Crippen molar-refractivity contribution in [3.8, 4) is 0 Å². The van der Waals surface area contributed by atoms with Crippen LogP contribution < -0.4 is 5.32 Å². The maximum atomic E-state index is 12.9. The number of nitrogens with one attached hydrogen (secondary N) is 1. The number of piperidine rings is 1. The molecular formula is C20H27N3O5S. The third kappa shape index (κ3) is 4.60. The number of hydrogen-bond donors (Lipinski definition) is 1. The summed E-state index contributed by atoms with van der Waals surface area (Å²) in [7, 11) is -3.78. The summed E-state index contributed by atoms with van der Waals surface area (Å²) in [6.45, 7) is 7.55. The van der Waals surface area contributed by atoms with E-state index in [2.05, 4.69) is 9.71 Å². The van der Waals surface area contributed by atoms with Crippen LogP contribution in [0.25, 0.3) is 0 Å². The molecule has 2 heterocycles. The molecule has 2 atom stereocenters. The third-order valence-electron chi connectivity index (χ3n) is 4.82. The number of sulfonamides is 1. The van der Waals surface area contributed by atoms with Gasteiger partial charge in [0.25, 0.3) is 15.9 Å². The van der Waals surface area contributed by atoms with Crippen molar-refractivity contribution in [2.45, 2.75) is 69.5 Å². The summed E-state index contributed by atoms with van der Waals surface area (Å²) in [5, 5.41) is 2.78. The first-order valence-electron chi connectivity index (χ1n) is 9.73. The average molecular weight is 422 g/mol. The van der Waals surface area contributed by atoms with Crippen LogP contribution in [0.3, 0.4) is 0 Å². The quantitative estimate of drug-likeness (QED) is 0.747. The third-order valence-corrected chi connectivity index (χ3v) is 6.14. The molecule has 0 aliphatic carbocycles. The number of ether oxygens (including phenoxy) is 1. The second-order valence-corrected chi connectivity index (χ2v) is 9.98. The molecule has 3 rings (SSSR count). The minimum Gasteiger partial charge on any atom is -0.451 e. The van der Waals surface area contributed by atoms with E-state index in [0.717, 1.165) is 12.8 Å². The second kappa shape index (κ2) is 7.78. The molecule has 0 unspecified atom stereocenters. The van der Waals surface area contributed by atoms with Gasteiger partial charge in [-0.3, -0.25) is 4.79 Å². The minimum absolute atomic E-state index is 0.144. The van der Waals surface area contributed by atoms with E-state index in [1.807, 2.05) is 20.8 Å². The highest BCUT2D eigenvalue weighted by Gasteiger charge is 2.39. The molecule has 8 nitrogen and oxygen atoms in total. The van der Waals surface area contributed by atoms with Crippen molar-refractivity contribution in [3.63, 3.8) is 0 Å². The Balaban J connectivity index is 1.81. The Kier molecular flexibility index (Phi) is 5.71. The molecule has 2 aliphatic rings. The lowest BCUT2D eigenvalue weighted by atomic mass is 10.0. The SMILES string of the molecule is C[C@H](OC(=O)[C@H]1CCCCN1C1=NS(=O)(=O)c2ccccc21)C(=O)NC(C)(C)C. The summed E-state index contributed by atoms with van der Waals surface area (Å²) in [6, 6.07) is 5.90. The maximum Gasteiger partial charge on any atom is 0.329 e. The molecule has 9 heteroatoms. The Morgan fingerprint density at radius 2 is 1.93 bits per heavy atom. The summed E-state index contributed by atoms with van der Waals surface area (Å²) < 4.78 is 34.2. The molecule has 1 aromatic rings. The summed E-state index contributed by atoms with van der Waals surface area (Å²) in [4.78, 5) is 27.0. The number of carbonyl (C=O) groups is 2. The normalized spacial score (nSPS) is 21.7.